The fraction of sp³-hybridized carbons (Fsp3) is 0.704. The number of amides is 1. The van der Waals surface area contributed by atoms with E-state index in [1.807, 2.05) is 24.8 Å². The van der Waals surface area contributed by atoms with Crippen molar-refractivity contribution in [3.05, 3.63) is 15.8 Å². The molecule has 184 valence electrons. The first-order valence-corrected chi connectivity index (χ1v) is 13.3. The smallest absolute Gasteiger partial charge is 0.350 e. The van der Waals surface area contributed by atoms with Gasteiger partial charge in [-0.15, -0.1) is 11.3 Å². The number of thiophene rings is 1. The number of hydrogen-bond donors (Lipinski definition) is 1. The van der Waals surface area contributed by atoms with E-state index in [2.05, 4.69) is 44.9 Å². The van der Waals surface area contributed by atoms with Crippen molar-refractivity contribution in [2.75, 3.05) is 25.1 Å². The Morgan fingerprint density at radius 3 is 2.24 bits per heavy atom. The molecule has 0 aromatic carbocycles. The number of esters is 1. The van der Waals surface area contributed by atoms with Crippen molar-refractivity contribution in [2.45, 2.75) is 86.1 Å². The molecule has 1 saturated heterocycles. The quantitative estimate of drug-likeness (QED) is 0.438. The first-order valence-electron chi connectivity index (χ1n) is 12.5. The number of nitrogens with one attached hydrogen (secondary N) is 1. The number of carbonyl (C=O) groups excluding carboxylic acids is 2. The number of ether oxygens (including phenoxy) is 1. The summed E-state index contributed by atoms with van der Waals surface area (Å²) in [6, 6.07) is 2.02. The summed E-state index contributed by atoms with van der Waals surface area (Å²) in [6.45, 7) is 14.2. The van der Waals surface area contributed by atoms with E-state index in [0.29, 0.717) is 16.5 Å². The topological polar surface area (TPSA) is 58.6 Å². The van der Waals surface area contributed by atoms with Gasteiger partial charge in [-0.2, -0.15) is 0 Å². The van der Waals surface area contributed by atoms with Gasteiger partial charge in [0, 0.05) is 17.4 Å². The van der Waals surface area contributed by atoms with Crippen LogP contribution in [-0.2, 0) is 9.53 Å². The lowest BCUT2D eigenvalue weighted by atomic mass is 9.82. The lowest BCUT2D eigenvalue weighted by Crippen LogP contribution is -2.49. The molecule has 1 saturated carbocycles. The van der Waals surface area contributed by atoms with Crippen LogP contribution in [0.1, 0.15) is 94.6 Å². The number of anilines is 1. The van der Waals surface area contributed by atoms with E-state index in [0.717, 1.165) is 56.5 Å². The predicted molar refractivity (Wildman–Crippen MR) is 138 cm³/mol. The Morgan fingerprint density at radius 1 is 1.09 bits per heavy atom. The Bertz CT molecular complexity index is 845. The third-order valence-corrected chi connectivity index (χ3v) is 7.20. The van der Waals surface area contributed by atoms with Crippen LogP contribution in [0, 0.1) is 29.1 Å². The lowest BCUT2D eigenvalue weighted by Gasteiger charge is -2.38. The predicted octanol–water partition coefficient (Wildman–Crippen LogP) is 5.87. The van der Waals surface area contributed by atoms with E-state index in [4.69, 9.17) is 4.74 Å². The van der Waals surface area contributed by atoms with Crippen molar-refractivity contribution < 1.29 is 14.3 Å². The largest absolute Gasteiger partial charge is 0.465 e. The third kappa shape index (κ3) is 7.58. The highest BCUT2D eigenvalue weighted by Gasteiger charge is 2.36. The van der Waals surface area contributed by atoms with Crippen LogP contribution in [0.3, 0.4) is 0 Å². The first-order chi connectivity index (χ1) is 15.7. The molecule has 0 atom stereocenters. The van der Waals surface area contributed by atoms with Gasteiger partial charge in [-0.25, -0.2) is 4.79 Å². The molecule has 0 bridgehead atoms. The molecule has 5 nitrogen and oxygen atoms in total. The third-order valence-electron chi connectivity index (χ3n) is 6.18. The number of hydrogen-bond acceptors (Lipinski definition) is 5. The number of rotatable bonds is 4. The second-order valence-corrected chi connectivity index (χ2v) is 11.0. The number of methoxy groups -OCH3 is 1. The van der Waals surface area contributed by atoms with Crippen molar-refractivity contribution in [1.82, 2.24) is 5.32 Å². The van der Waals surface area contributed by atoms with Crippen LogP contribution in [0.5, 0.6) is 0 Å². The molecule has 1 amide bonds. The van der Waals surface area contributed by atoms with Crippen molar-refractivity contribution in [2.24, 2.45) is 17.3 Å². The summed E-state index contributed by atoms with van der Waals surface area (Å²) < 4.78 is 5.09. The maximum atomic E-state index is 13.8. The molecular weight excluding hydrogens is 432 g/mol. The van der Waals surface area contributed by atoms with Crippen LogP contribution in [0.2, 0.25) is 0 Å². The summed E-state index contributed by atoms with van der Waals surface area (Å²) in [5.74, 6) is 6.94. The molecule has 0 unspecified atom stereocenters. The number of piperidine rings is 1. The Labute approximate surface area is 204 Å². The second kappa shape index (κ2) is 12.6. The van der Waals surface area contributed by atoms with Gasteiger partial charge in [-0.3, -0.25) is 4.79 Å². The van der Waals surface area contributed by atoms with E-state index in [1.54, 1.807) is 0 Å². The summed E-state index contributed by atoms with van der Waals surface area (Å²) in [5, 5.41) is 3.39. The molecule has 3 rings (SSSR count). The molecule has 0 radical (unpaired) electrons. The second-order valence-electron chi connectivity index (χ2n) is 9.96. The van der Waals surface area contributed by atoms with E-state index in [1.165, 1.54) is 18.4 Å². The van der Waals surface area contributed by atoms with Crippen LogP contribution < -0.4 is 10.2 Å². The minimum Gasteiger partial charge on any atom is -0.465 e. The summed E-state index contributed by atoms with van der Waals surface area (Å²) in [6.07, 6.45) is 5.80. The van der Waals surface area contributed by atoms with Gasteiger partial charge in [0.05, 0.1) is 17.7 Å². The Kier molecular flexibility index (Phi) is 10.4. The van der Waals surface area contributed by atoms with Crippen LogP contribution in [0.4, 0.5) is 5.69 Å². The maximum Gasteiger partial charge on any atom is 0.350 e. The highest BCUT2D eigenvalue weighted by Crippen LogP contribution is 2.37. The van der Waals surface area contributed by atoms with Gasteiger partial charge in [0.15, 0.2) is 0 Å². The zero-order valence-electron chi connectivity index (χ0n) is 21.5. The lowest BCUT2D eigenvalue weighted by molar-refractivity contribution is -0.124. The molecule has 1 aliphatic heterocycles. The summed E-state index contributed by atoms with van der Waals surface area (Å²) in [4.78, 5) is 29.7. The van der Waals surface area contributed by atoms with Crippen molar-refractivity contribution in [3.8, 4) is 11.8 Å². The van der Waals surface area contributed by atoms with Crippen molar-refractivity contribution >= 4 is 28.9 Å². The van der Waals surface area contributed by atoms with Crippen LogP contribution in [0.25, 0.3) is 0 Å². The van der Waals surface area contributed by atoms with Gasteiger partial charge in [-0.1, -0.05) is 32.6 Å². The van der Waals surface area contributed by atoms with E-state index >= 15 is 0 Å². The van der Waals surface area contributed by atoms with Gasteiger partial charge in [0.25, 0.3) is 0 Å². The van der Waals surface area contributed by atoms with Gasteiger partial charge in [-0.05, 0) is 84.4 Å². The molecule has 1 aliphatic carbocycles. The average Bonchev–Trinajstić information content (AvgIpc) is 3.23. The highest BCUT2D eigenvalue weighted by atomic mass is 32.1. The molecule has 0 spiro atoms. The number of nitrogens with zero attached hydrogens (tertiary/aromatic N) is 1. The molecule has 33 heavy (non-hydrogen) atoms. The van der Waals surface area contributed by atoms with E-state index in [-0.39, 0.29) is 23.3 Å². The fourth-order valence-corrected chi connectivity index (χ4v) is 5.30. The molecular formula is C27H42N2O3S. The molecule has 2 aliphatic rings. The normalized spacial score (nSPS) is 21.2. The van der Waals surface area contributed by atoms with Crippen molar-refractivity contribution in [3.63, 3.8) is 0 Å². The average molecular weight is 475 g/mol. The van der Waals surface area contributed by atoms with Gasteiger partial charge in [0.2, 0.25) is 5.91 Å². The van der Waals surface area contributed by atoms with Gasteiger partial charge >= 0.3 is 5.97 Å². The van der Waals surface area contributed by atoms with E-state index in [9.17, 15) is 9.59 Å². The monoisotopic (exact) mass is 474 g/mol. The summed E-state index contributed by atoms with van der Waals surface area (Å²) >= 11 is 1.33. The minimum atomic E-state index is -0.396. The van der Waals surface area contributed by atoms with Crippen LogP contribution >= 0.6 is 11.3 Å². The SMILES string of the molecule is CC.COC(=O)c1sc(C#CC(C)(C)C)cc1N(C(=O)C1CCC(C)CC1)C1CCNCC1. The highest BCUT2D eigenvalue weighted by molar-refractivity contribution is 7.15. The Morgan fingerprint density at radius 2 is 1.70 bits per heavy atom. The zero-order valence-corrected chi connectivity index (χ0v) is 22.4. The standard InChI is InChI=1S/C25H36N2O3S.C2H6/c1-17-6-8-18(9-7-17)23(28)27(19-11-14-26-15-12-19)21-16-20(10-13-25(2,3)4)31-22(21)24(29)30-5;1-2/h16-19,26H,6-9,11-12,14-15H2,1-5H3;1-2H3. The molecule has 1 aromatic rings. The van der Waals surface area contributed by atoms with Gasteiger partial charge < -0.3 is 15.0 Å². The summed E-state index contributed by atoms with van der Waals surface area (Å²) in [7, 11) is 1.39. The molecule has 2 heterocycles. The molecule has 2 fully saturated rings. The van der Waals surface area contributed by atoms with E-state index < -0.39 is 5.97 Å². The molecule has 6 heteroatoms. The van der Waals surface area contributed by atoms with Crippen molar-refractivity contribution in [1.29, 1.82) is 0 Å². The Balaban J connectivity index is 0.00000187. The molecule has 1 N–H and O–H groups in total. The maximum absolute atomic E-state index is 13.8. The first kappa shape index (κ1) is 27.4. The molecule has 1 aromatic heterocycles. The van der Waals surface area contributed by atoms with Crippen LogP contribution in [-0.4, -0.2) is 38.1 Å². The number of carbonyl (C=O) groups is 2. The minimum absolute atomic E-state index is 0.0283. The fourth-order valence-electron chi connectivity index (χ4n) is 4.37. The Hall–Kier alpha value is -1.84. The van der Waals surface area contributed by atoms with Crippen LogP contribution in [0.15, 0.2) is 6.07 Å². The summed E-state index contributed by atoms with van der Waals surface area (Å²) in [5.41, 5.74) is 0.546. The van der Waals surface area contributed by atoms with Gasteiger partial charge in [0.1, 0.15) is 4.88 Å². The zero-order chi connectivity index (χ0) is 24.6.